The quantitative estimate of drug-likeness (QED) is 0.695. The Hall–Kier alpha value is -1.16. The average molecular weight is 194 g/mol. The second-order valence-electron chi connectivity index (χ2n) is 3.46. The highest BCUT2D eigenvalue weighted by atomic mass is 15.3. The maximum absolute atomic E-state index is 4.19. The summed E-state index contributed by atoms with van der Waals surface area (Å²) in [5.74, 6) is 0.994. The minimum Gasteiger partial charge on any atom is -0.306 e. The van der Waals surface area contributed by atoms with Gasteiger partial charge in [-0.1, -0.05) is 19.1 Å². The second kappa shape index (κ2) is 5.54. The maximum Gasteiger partial charge on any atom is 0.140 e. The molecule has 0 aliphatic carbocycles. The summed E-state index contributed by atoms with van der Waals surface area (Å²) in [4.78, 5) is 4.19. The van der Waals surface area contributed by atoms with Crippen molar-refractivity contribution in [3.63, 3.8) is 0 Å². The van der Waals surface area contributed by atoms with Crippen molar-refractivity contribution in [1.82, 2.24) is 20.1 Å². The third kappa shape index (κ3) is 3.30. The van der Waals surface area contributed by atoms with Crippen molar-refractivity contribution in [2.45, 2.75) is 33.4 Å². The third-order valence-corrected chi connectivity index (χ3v) is 1.84. The summed E-state index contributed by atoms with van der Waals surface area (Å²) in [6.45, 7) is 10.5. The fraction of sp³-hybridized carbons (Fsp3) is 0.600. The van der Waals surface area contributed by atoms with Crippen molar-refractivity contribution >= 4 is 0 Å². The van der Waals surface area contributed by atoms with E-state index in [0.717, 1.165) is 37.5 Å². The van der Waals surface area contributed by atoms with E-state index in [1.807, 2.05) is 11.6 Å². The minimum atomic E-state index is 0.757. The lowest BCUT2D eigenvalue weighted by Gasteiger charge is -2.05. The van der Waals surface area contributed by atoms with Gasteiger partial charge in [0.1, 0.15) is 12.2 Å². The van der Waals surface area contributed by atoms with Gasteiger partial charge in [-0.15, -0.1) is 0 Å². The van der Waals surface area contributed by atoms with Crippen LogP contribution in [0.25, 0.3) is 0 Å². The molecule has 0 saturated heterocycles. The van der Waals surface area contributed by atoms with Gasteiger partial charge in [0.05, 0.1) is 6.54 Å². The fourth-order valence-corrected chi connectivity index (χ4v) is 1.21. The van der Waals surface area contributed by atoms with Gasteiger partial charge >= 0.3 is 0 Å². The molecule has 1 rings (SSSR count). The van der Waals surface area contributed by atoms with Crippen LogP contribution in [0.1, 0.15) is 26.1 Å². The van der Waals surface area contributed by atoms with Crippen molar-refractivity contribution in [3.8, 4) is 0 Å². The lowest BCUT2D eigenvalue weighted by Crippen LogP contribution is -2.19. The number of nitrogens with one attached hydrogen (secondary N) is 1. The number of aromatic nitrogens is 3. The number of aryl methyl sites for hydroxylation is 1. The third-order valence-electron chi connectivity index (χ3n) is 1.84. The molecule has 14 heavy (non-hydrogen) atoms. The van der Waals surface area contributed by atoms with Crippen LogP contribution < -0.4 is 5.32 Å². The molecule has 1 heterocycles. The molecule has 4 heteroatoms. The zero-order valence-corrected chi connectivity index (χ0v) is 8.95. The molecular weight excluding hydrogens is 176 g/mol. The van der Waals surface area contributed by atoms with Crippen LogP contribution in [0, 0.1) is 0 Å². The van der Waals surface area contributed by atoms with E-state index in [0.29, 0.717) is 0 Å². The summed E-state index contributed by atoms with van der Waals surface area (Å²) in [5, 5.41) is 7.41. The highest BCUT2D eigenvalue weighted by molar-refractivity contribution is 4.92. The van der Waals surface area contributed by atoms with E-state index in [9.17, 15) is 0 Å². The van der Waals surface area contributed by atoms with Crippen molar-refractivity contribution in [1.29, 1.82) is 0 Å². The molecule has 4 nitrogen and oxygen atoms in total. The molecule has 78 valence electrons. The number of hydrogen-bond donors (Lipinski definition) is 1. The van der Waals surface area contributed by atoms with Gasteiger partial charge in [-0.25, -0.2) is 9.67 Å². The van der Waals surface area contributed by atoms with Gasteiger partial charge in [0, 0.05) is 13.1 Å². The van der Waals surface area contributed by atoms with Gasteiger partial charge < -0.3 is 5.32 Å². The smallest absolute Gasteiger partial charge is 0.140 e. The molecule has 1 aromatic heterocycles. The average Bonchev–Trinajstić information content (AvgIpc) is 2.53. The van der Waals surface area contributed by atoms with E-state index in [4.69, 9.17) is 0 Å². The second-order valence-corrected chi connectivity index (χ2v) is 3.46. The first-order valence-corrected chi connectivity index (χ1v) is 4.95. The van der Waals surface area contributed by atoms with Crippen LogP contribution in [-0.4, -0.2) is 21.3 Å². The van der Waals surface area contributed by atoms with Crippen LogP contribution >= 0.6 is 0 Å². The first kappa shape index (κ1) is 10.9. The Bertz CT molecular complexity index is 290. The molecule has 0 aliphatic heterocycles. The Labute approximate surface area is 85.0 Å². The van der Waals surface area contributed by atoms with E-state index in [1.165, 1.54) is 0 Å². The standard InChI is InChI=1S/C10H18N4/c1-4-5-14-10(12-8-13-14)7-11-6-9(2)3/h8,11H,2,4-7H2,1,3H3. The van der Waals surface area contributed by atoms with Gasteiger partial charge in [0.2, 0.25) is 0 Å². The minimum absolute atomic E-state index is 0.757. The van der Waals surface area contributed by atoms with Crippen molar-refractivity contribution < 1.29 is 0 Å². The topological polar surface area (TPSA) is 42.7 Å². The normalized spacial score (nSPS) is 10.4. The molecule has 0 bridgehead atoms. The summed E-state index contributed by atoms with van der Waals surface area (Å²) < 4.78 is 1.94. The van der Waals surface area contributed by atoms with Gasteiger partial charge in [-0.2, -0.15) is 5.10 Å². The van der Waals surface area contributed by atoms with E-state index in [1.54, 1.807) is 6.33 Å². The molecule has 0 spiro atoms. The van der Waals surface area contributed by atoms with Crippen LogP contribution in [0.4, 0.5) is 0 Å². The molecule has 0 saturated carbocycles. The molecule has 1 aromatic rings. The Balaban J connectivity index is 2.41. The summed E-state index contributed by atoms with van der Waals surface area (Å²) in [7, 11) is 0. The fourth-order valence-electron chi connectivity index (χ4n) is 1.21. The molecular formula is C10H18N4. The number of rotatable bonds is 6. The van der Waals surface area contributed by atoms with E-state index in [-0.39, 0.29) is 0 Å². The van der Waals surface area contributed by atoms with Crippen LogP contribution in [0.2, 0.25) is 0 Å². The maximum atomic E-state index is 4.19. The van der Waals surface area contributed by atoms with Crippen LogP contribution in [-0.2, 0) is 13.1 Å². The molecule has 0 radical (unpaired) electrons. The highest BCUT2D eigenvalue weighted by Gasteiger charge is 2.01. The summed E-state index contributed by atoms with van der Waals surface area (Å²) in [6.07, 6.45) is 2.68. The predicted octanol–water partition coefficient (Wildman–Crippen LogP) is 1.35. The van der Waals surface area contributed by atoms with Crippen molar-refractivity contribution in [2.24, 2.45) is 0 Å². The van der Waals surface area contributed by atoms with E-state index >= 15 is 0 Å². The number of nitrogens with zero attached hydrogens (tertiary/aromatic N) is 3. The van der Waals surface area contributed by atoms with E-state index < -0.39 is 0 Å². The van der Waals surface area contributed by atoms with Gasteiger partial charge in [0.25, 0.3) is 0 Å². The van der Waals surface area contributed by atoms with Crippen molar-refractivity contribution in [3.05, 3.63) is 24.3 Å². The lowest BCUT2D eigenvalue weighted by atomic mass is 10.3. The van der Waals surface area contributed by atoms with Crippen LogP contribution in [0.5, 0.6) is 0 Å². The van der Waals surface area contributed by atoms with Crippen molar-refractivity contribution in [2.75, 3.05) is 6.54 Å². The Morgan fingerprint density at radius 1 is 1.64 bits per heavy atom. The van der Waals surface area contributed by atoms with Crippen LogP contribution in [0.15, 0.2) is 18.5 Å². The summed E-state index contributed by atoms with van der Waals surface area (Å²) in [6, 6.07) is 0. The molecule has 0 amide bonds. The van der Waals surface area contributed by atoms with Gasteiger partial charge in [-0.05, 0) is 13.3 Å². The zero-order valence-electron chi connectivity index (χ0n) is 8.95. The van der Waals surface area contributed by atoms with Gasteiger partial charge in [0.15, 0.2) is 0 Å². The number of hydrogen-bond acceptors (Lipinski definition) is 3. The summed E-state index contributed by atoms with van der Waals surface area (Å²) in [5.41, 5.74) is 1.13. The molecule has 1 N–H and O–H groups in total. The van der Waals surface area contributed by atoms with Crippen LogP contribution in [0.3, 0.4) is 0 Å². The largest absolute Gasteiger partial charge is 0.306 e. The summed E-state index contributed by atoms with van der Waals surface area (Å²) >= 11 is 0. The zero-order chi connectivity index (χ0) is 10.4. The SMILES string of the molecule is C=C(C)CNCc1ncnn1CCC. The molecule has 0 unspecified atom stereocenters. The molecule has 0 atom stereocenters. The molecule has 0 aromatic carbocycles. The first-order valence-electron chi connectivity index (χ1n) is 4.95. The monoisotopic (exact) mass is 194 g/mol. The van der Waals surface area contributed by atoms with Gasteiger partial charge in [-0.3, -0.25) is 0 Å². The highest BCUT2D eigenvalue weighted by Crippen LogP contribution is 1.95. The Morgan fingerprint density at radius 3 is 3.07 bits per heavy atom. The Kier molecular flexibility index (Phi) is 4.32. The lowest BCUT2D eigenvalue weighted by molar-refractivity contribution is 0.549. The predicted molar refractivity (Wildman–Crippen MR) is 56.8 cm³/mol. The molecule has 0 fully saturated rings. The first-order chi connectivity index (χ1) is 6.74. The van der Waals surface area contributed by atoms with E-state index in [2.05, 4.69) is 28.9 Å². The molecule has 0 aliphatic rings. The Morgan fingerprint density at radius 2 is 2.43 bits per heavy atom.